The van der Waals surface area contributed by atoms with Gasteiger partial charge in [-0.25, -0.2) is 9.59 Å². The second-order valence-corrected chi connectivity index (χ2v) is 8.38. The van der Waals surface area contributed by atoms with Crippen LogP contribution in [0.25, 0.3) is 0 Å². The maximum absolute atomic E-state index is 12.3. The fourth-order valence-electron chi connectivity index (χ4n) is 3.37. The van der Waals surface area contributed by atoms with Crippen molar-refractivity contribution in [2.24, 2.45) is 5.10 Å². The molecule has 2 atom stereocenters. The predicted octanol–water partition coefficient (Wildman–Crippen LogP) is 2.97. The maximum atomic E-state index is 12.3. The maximum Gasteiger partial charge on any atom is 0.337 e. The molecule has 0 unspecified atom stereocenters. The van der Waals surface area contributed by atoms with Crippen LogP contribution in [-0.2, 0) is 9.53 Å². The molecule has 2 amide bonds. The van der Waals surface area contributed by atoms with E-state index in [0.29, 0.717) is 29.4 Å². The van der Waals surface area contributed by atoms with Crippen LogP contribution in [0.3, 0.4) is 0 Å². The van der Waals surface area contributed by atoms with E-state index in [1.54, 1.807) is 31.3 Å². The Kier molecular flexibility index (Phi) is 9.10. The van der Waals surface area contributed by atoms with E-state index in [1.165, 1.54) is 7.11 Å². The summed E-state index contributed by atoms with van der Waals surface area (Å²) >= 11 is 3.37. The highest BCUT2D eigenvalue weighted by Crippen LogP contribution is 2.34. The monoisotopic (exact) mass is 546 g/mol. The third-order valence-corrected chi connectivity index (χ3v) is 5.51. The van der Waals surface area contributed by atoms with Gasteiger partial charge in [-0.1, -0.05) is 34.1 Å². The number of carbonyl (C=O) groups is 2. The molecule has 11 heteroatoms. The number of urea groups is 1. The van der Waals surface area contributed by atoms with Gasteiger partial charge in [-0.2, -0.15) is 5.10 Å². The lowest BCUT2D eigenvalue weighted by Gasteiger charge is -2.28. The minimum absolute atomic E-state index is 0.104. The summed E-state index contributed by atoms with van der Waals surface area (Å²) in [4.78, 5) is 24.4. The van der Waals surface area contributed by atoms with Crippen molar-refractivity contribution in [3.63, 3.8) is 0 Å². The van der Waals surface area contributed by atoms with Gasteiger partial charge in [-0.05, 0) is 49.2 Å². The van der Waals surface area contributed by atoms with Gasteiger partial charge in [-0.3, -0.25) is 5.43 Å². The van der Waals surface area contributed by atoms with Crippen molar-refractivity contribution < 1.29 is 28.9 Å². The first kappa shape index (κ1) is 26.0. The number of methoxy groups -OCH3 is 1. The molecule has 4 N–H and O–H groups in total. The number of carbonyl (C=O) groups excluding carboxylic acids is 2. The summed E-state index contributed by atoms with van der Waals surface area (Å²) in [6, 6.07) is 11.4. The molecule has 35 heavy (non-hydrogen) atoms. The third kappa shape index (κ3) is 6.96. The Morgan fingerprint density at radius 3 is 2.66 bits per heavy atom. The van der Waals surface area contributed by atoms with E-state index in [0.717, 1.165) is 10.0 Å². The quantitative estimate of drug-likeness (QED) is 0.156. The van der Waals surface area contributed by atoms with E-state index >= 15 is 0 Å². The first-order chi connectivity index (χ1) is 16.8. The van der Waals surface area contributed by atoms with Gasteiger partial charge in [0.2, 0.25) is 0 Å². The normalized spacial score (nSPS) is 16.4. The number of hydrogen-bond acceptors (Lipinski definition) is 8. The molecule has 0 spiro atoms. The number of aliphatic hydroxyl groups is 1. The molecule has 0 radical (unpaired) electrons. The minimum atomic E-state index is -1.07. The molecule has 2 aromatic carbocycles. The molecule has 0 aromatic heterocycles. The topological polar surface area (TPSA) is 131 Å². The van der Waals surface area contributed by atoms with Crippen LogP contribution in [0.2, 0.25) is 0 Å². The number of benzene rings is 2. The highest BCUT2D eigenvalue weighted by atomic mass is 79.9. The van der Waals surface area contributed by atoms with Crippen molar-refractivity contribution >= 4 is 34.1 Å². The zero-order valence-corrected chi connectivity index (χ0v) is 21.1. The summed E-state index contributed by atoms with van der Waals surface area (Å²) in [5.41, 5.74) is 4.76. The van der Waals surface area contributed by atoms with Gasteiger partial charge in [0.05, 0.1) is 31.5 Å². The number of allylic oxidation sites excluding steroid dienone is 1. The fourth-order valence-corrected chi connectivity index (χ4v) is 3.63. The van der Waals surface area contributed by atoms with E-state index < -0.39 is 24.3 Å². The zero-order valence-electron chi connectivity index (χ0n) is 19.5. The molecule has 1 heterocycles. The Balaban J connectivity index is 1.71. The number of hydrogen-bond donors (Lipinski definition) is 4. The molecule has 3 rings (SSSR count). The van der Waals surface area contributed by atoms with Crippen molar-refractivity contribution in [3.05, 3.63) is 69.3 Å². The smallest absolute Gasteiger partial charge is 0.337 e. The number of halogens is 1. The first-order valence-electron chi connectivity index (χ1n) is 10.8. The lowest BCUT2D eigenvalue weighted by Crippen LogP contribution is -2.45. The number of nitrogens with one attached hydrogen (secondary N) is 3. The summed E-state index contributed by atoms with van der Waals surface area (Å²) in [5.74, 6) is 0.218. The summed E-state index contributed by atoms with van der Waals surface area (Å²) in [7, 11) is 1.28. The van der Waals surface area contributed by atoms with Crippen molar-refractivity contribution in [1.82, 2.24) is 16.1 Å². The highest BCUT2D eigenvalue weighted by molar-refractivity contribution is 9.10. The van der Waals surface area contributed by atoms with Crippen LogP contribution in [0.5, 0.6) is 11.5 Å². The Morgan fingerprint density at radius 1 is 1.23 bits per heavy atom. The third-order valence-electron chi connectivity index (χ3n) is 4.98. The molecule has 0 fully saturated rings. The largest absolute Gasteiger partial charge is 0.490 e. The molecule has 0 bridgehead atoms. The van der Waals surface area contributed by atoms with Crippen LogP contribution in [-0.4, -0.2) is 49.9 Å². The van der Waals surface area contributed by atoms with E-state index in [9.17, 15) is 14.7 Å². The fraction of sp³-hybridized carbons (Fsp3) is 0.292. The highest BCUT2D eigenvalue weighted by Gasteiger charge is 2.32. The SMILES string of the molecule is CCOc1cc([C@@H]2NC(=O)NC(C)=C2C(=O)OC)ccc1OC[C@@H](O)N/N=C\c1ccc(Br)cc1. The van der Waals surface area contributed by atoms with Gasteiger partial charge in [0.15, 0.2) is 17.7 Å². The second-order valence-electron chi connectivity index (χ2n) is 7.47. The van der Waals surface area contributed by atoms with Crippen LogP contribution in [0.15, 0.2) is 63.3 Å². The molecule has 1 aliphatic heterocycles. The first-order valence-corrected chi connectivity index (χ1v) is 11.6. The van der Waals surface area contributed by atoms with Gasteiger partial charge in [0.1, 0.15) is 6.61 Å². The Labute approximate surface area is 211 Å². The van der Waals surface area contributed by atoms with Crippen LogP contribution in [0.1, 0.15) is 31.0 Å². The van der Waals surface area contributed by atoms with Crippen molar-refractivity contribution in [1.29, 1.82) is 0 Å². The van der Waals surface area contributed by atoms with Crippen molar-refractivity contribution in [2.75, 3.05) is 20.3 Å². The van der Waals surface area contributed by atoms with Crippen LogP contribution in [0.4, 0.5) is 4.79 Å². The summed E-state index contributed by atoms with van der Waals surface area (Å²) in [6.07, 6.45) is 0.508. The number of ether oxygens (including phenoxy) is 3. The van der Waals surface area contributed by atoms with E-state index in [-0.39, 0.29) is 12.2 Å². The summed E-state index contributed by atoms with van der Waals surface area (Å²) in [5, 5.41) is 19.5. The number of nitrogens with zero attached hydrogens (tertiary/aromatic N) is 1. The van der Waals surface area contributed by atoms with Crippen LogP contribution < -0.4 is 25.5 Å². The lowest BCUT2D eigenvalue weighted by atomic mass is 9.95. The average molecular weight is 547 g/mol. The van der Waals surface area contributed by atoms with Gasteiger partial charge in [0, 0.05) is 10.2 Å². The van der Waals surface area contributed by atoms with E-state index in [1.807, 2.05) is 31.2 Å². The summed E-state index contributed by atoms with van der Waals surface area (Å²) < 4.78 is 17.3. The van der Waals surface area contributed by atoms with Crippen molar-refractivity contribution in [2.45, 2.75) is 26.1 Å². The number of aliphatic hydroxyl groups excluding tert-OH is 1. The van der Waals surface area contributed by atoms with Gasteiger partial charge in [0.25, 0.3) is 0 Å². The Bertz CT molecular complexity index is 1120. The molecule has 1 aliphatic rings. The Hall–Kier alpha value is -3.57. The molecule has 0 aliphatic carbocycles. The zero-order chi connectivity index (χ0) is 25.4. The molecular formula is C24H27BrN4O6. The van der Waals surface area contributed by atoms with Crippen molar-refractivity contribution in [3.8, 4) is 11.5 Å². The van der Waals surface area contributed by atoms with Gasteiger partial charge in [-0.15, -0.1) is 0 Å². The molecule has 186 valence electrons. The predicted molar refractivity (Wildman–Crippen MR) is 133 cm³/mol. The minimum Gasteiger partial charge on any atom is -0.490 e. The van der Waals surface area contributed by atoms with E-state index in [4.69, 9.17) is 14.2 Å². The van der Waals surface area contributed by atoms with Crippen LogP contribution in [0, 0.1) is 0 Å². The number of esters is 1. The lowest BCUT2D eigenvalue weighted by molar-refractivity contribution is -0.136. The van der Waals surface area contributed by atoms with Crippen LogP contribution >= 0.6 is 15.9 Å². The Morgan fingerprint density at radius 2 is 1.97 bits per heavy atom. The van der Waals surface area contributed by atoms with Gasteiger partial charge >= 0.3 is 12.0 Å². The number of hydrazone groups is 1. The molecule has 2 aromatic rings. The molecule has 10 nitrogen and oxygen atoms in total. The van der Waals surface area contributed by atoms with E-state index in [2.05, 4.69) is 37.1 Å². The standard InChI is InChI=1S/C24H27BrN4O6/c1-4-34-19-11-16(22-21(23(31)33-3)14(2)27-24(32)28-22)7-10-18(19)35-13-20(30)29-26-12-15-5-8-17(25)9-6-15/h5-12,20,22,29-30H,4,13H2,1-3H3,(H2,27,28,32)/b26-12-/t20-,22+/m1/s1. The number of rotatable bonds is 10. The summed E-state index contributed by atoms with van der Waals surface area (Å²) in [6.45, 7) is 3.70. The van der Waals surface area contributed by atoms with Gasteiger partial charge < -0.3 is 30.0 Å². The average Bonchev–Trinajstić information content (AvgIpc) is 2.83. The molecule has 0 saturated heterocycles. The molecular weight excluding hydrogens is 520 g/mol. The molecule has 0 saturated carbocycles. The number of amides is 2. The second kappa shape index (κ2) is 12.2.